The van der Waals surface area contributed by atoms with E-state index < -0.39 is 18.1 Å². The second kappa shape index (κ2) is 26.0. The summed E-state index contributed by atoms with van der Waals surface area (Å²) in [4.78, 5) is 36.3. The lowest BCUT2D eigenvalue weighted by Gasteiger charge is -2.34. The molecule has 0 heterocycles. The number of allylic oxidation sites excluding steroid dienone is 8. The number of hydrogen-bond acceptors (Lipinski definition) is 7. The molecule has 0 aliphatic rings. The van der Waals surface area contributed by atoms with Crippen LogP contribution in [0.25, 0.3) is 0 Å². The van der Waals surface area contributed by atoms with Crippen molar-refractivity contribution >= 4 is 17.9 Å². The monoisotopic (exact) mass is 591 g/mol. The predicted molar refractivity (Wildman–Crippen MR) is 166 cm³/mol. The Morgan fingerprint density at radius 1 is 0.714 bits per heavy atom. The molecule has 42 heavy (non-hydrogen) atoms. The van der Waals surface area contributed by atoms with Crippen LogP contribution in [0, 0.1) is 0 Å². The van der Waals surface area contributed by atoms with Gasteiger partial charge in [0, 0.05) is 19.3 Å². The second-order valence-electron chi connectivity index (χ2n) is 11.3. The van der Waals surface area contributed by atoms with E-state index in [0.29, 0.717) is 19.3 Å². The summed E-state index contributed by atoms with van der Waals surface area (Å²) in [5.74, 6) is -1.85. The van der Waals surface area contributed by atoms with E-state index in [1.54, 1.807) is 21.1 Å². The molecule has 0 spiro atoms. The number of quaternary nitrogens is 1. The van der Waals surface area contributed by atoms with Gasteiger partial charge in [0.2, 0.25) is 0 Å². The highest BCUT2D eigenvalue weighted by Gasteiger charge is 2.25. The maximum Gasteiger partial charge on any atom is 0.306 e. The van der Waals surface area contributed by atoms with E-state index in [-0.39, 0.29) is 49.1 Å². The Morgan fingerprint density at radius 2 is 1.24 bits per heavy atom. The molecule has 0 aliphatic heterocycles. The molecule has 0 saturated carbocycles. The van der Waals surface area contributed by atoms with Crippen LogP contribution >= 0.6 is 0 Å². The number of carboxylic acid groups (broad SMARTS) is 1. The van der Waals surface area contributed by atoms with Crippen molar-refractivity contribution in [2.24, 2.45) is 0 Å². The Labute approximate surface area is 255 Å². The Kier molecular flexibility index (Phi) is 24.3. The SMILES string of the molecule is CC/C=C/C/C=C/CCCCC(=O)OCC(COCCC(C(=O)[O-])[N+](C)(C)C)OC(=O)CCCC/C=C/C/C=C/CC. The van der Waals surface area contributed by atoms with Crippen LogP contribution in [0.1, 0.15) is 97.3 Å². The Bertz CT molecular complexity index is 839. The molecule has 0 saturated heterocycles. The molecule has 240 valence electrons. The quantitative estimate of drug-likeness (QED) is 0.0557. The van der Waals surface area contributed by atoms with Crippen molar-refractivity contribution in [3.8, 4) is 0 Å². The summed E-state index contributed by atoms with van der Waals surface area (Å²) in [6.45, 7) is 4.28. The summed E-state index contributed by atoms with van der Waals surface area (Å²) in [7, 11) is 5.35. The molecule has 0 bridgehead atoms. The first-order valence-electron chi connectivity index (χ1n) is 15.7. The summed E-state index contributed by atoms with van der Waals surface area (Å²) in [6.07, 6.45) is 26.0. The van der Waals surface area contributed by atoms with Gasteiger partial charge in [-0.15, -0.1) is 0 Å². The Morgan fingerprint density at radius 3 is 1.74 bits per heavy atom. The third-order valence-corrected chi connectivity index (χ3v) is 6.46. The zero-order chi connectivity index (χ0) is 31.5. The molecule has 0 radical (unpaired) electrons. The van der Waals surface area contributed by atoms with Gasteiger partial charge in [-0.3, -0.25) is 9.59 Å². The van der Waals surface area contributed by atoms with Crippen molar-refractivity contribution in [2.75, 3.05) is 41.0 Å². The lowest BCUT2D eigenvalue weighted by molar-refractivity contribution is -0.889. The number of esters is 2. The van der Waals surface area contributed by atoms with Crippen LogP contribution in [0.15, 0.2) is 48.6 Å². The van der Waals surface area contributed by atoms with Crippen molar-refractivity contribution in [1.29, 1.82) is 0 Å². The van der Waals surface area contributed by atoms with Gasteiger partial charge in [0.1, 0.15) is 12.6 Å². The molecule has 0 aromatic carbocycles. The Hall–Kier alpha value is -2.71. The summed E-state index contributed by atoms with van der Waals surface area (Å²) in [6, 6.07) is -0.733. The summed E-state index contributed by atoms with van der Waals surface area (Å²) in [5, 5.41) is 11.5. The molecule has 2 unspecified atom stereocenters. The smallest absolute Gasteiger partial charge is 0.306 e. The van der Waals surface area contributed by atoms with E-state index in [1.807, 2.05) is 0 Å². The van der Waals surface area contributed by atoms with Gasteiger partial charge in [-0.1, -0.05) is 62.5 Å². The molecule has 0 aliphatic carbocycles. The molecular weight excluding hydrogens is 534 g/mol. The summed E-state index contributed by atoms with van der Waals surface area (Å²) in [5.41, 5.74) is 0. The fourth-order valence-corrected chi connectivity index (χ4v) is 4.02. The number of carbonyl (C=O) groups is 3. The first-order chi connectivity index (χ1) is 20.1. The van der Waals surface area contributed by atoms with Crippen LogP contribution in [0.4, 0.5) is 0 Å². The average molecular weight is 592 g/mol. The zero-order valence-corrected chi connectivity index (χ0v) is 26.9. The zero-order valence-electron chi connectivity index (χ0n) is 26.9. The Balaban J connectivity index is 4.63. The number of unbranched alkanes of at least 4 members (excludes halogenated alkanes) is 4. The number of nitrogens with zero attached hydrogens (tertiary/aromatic N) is 1. The van der Waals surface area contributed by atoms with Gasteiger partial charge in [-0.05, 0) is 64.2 Å². The van der Waals surface area contributed by atoms with Crippen LogP contribution in [-0.2, 0) is 28.6 Å². The standard InChI is InChI=1S/C34H57NO7/c1-6-8-10-12-14-16-18-20-22-24-32(36)41-29-30(28-40-27-26-31(34(38)39)35(3,4)5)42-33(37)25-23-21-19-17-15-13-11-9-7-2/h8-11,14-17,30-31H,6-7,12-13,18-29H2,1-5H3/b10-8+,11-9+,16-14+,17-15+. The number of likely N-dealkylation sites (N-methyl/N-ethyl adjacent to an activating group) is 1. The van der Waals surface area contributed by atoms with Gasteiger partial charge in [0.15, 0.2) is 6.10 Å². The van der Waals surface area contributed by atoms with E-state index in [4.69, 9.17) is 14.2 Å². The molecule has 0 aromatic heterocycles. The summed E-state index contributed by atoms with van der Waals surface area (Å²) < 4.78 is 16.9. The molecule has 2 atom stereocenters. The predicted octanol–water partition coefficient (Wildman–Crippen LogP) is 5.62. The maximum absolute atomic E-state index is 12.5. The number of carboxylic acids is 1. The number of hydrogen-bond donors (Lipinski definition) is 0. The molecule has 0 rings (SSSR count). The van der Waals surface area contributed by atoms with E-state index in [1.165, 1.54) is 0 Å². The maximum atomic E-state index is 12.5. The lowest BCUT2D eigenvalue weighted by atomic mass is 10.1. The topological polar surface area (TPSA) is 102 Å². The minimum atomic E-state index is -1.14. The van der Waals surface area contributed by atoms with Gasteiger partial charge in [-0.25, -0.2) is 0 Å². The van der Waals surface area contributed by atoms with Gasteiger partial charge in [-0.2, -0.15) is 0 Å². The third kappa shape index (κ3) is 23.9. The summed E-state index contributed by atoms with van der Waals surface area (Å²) >= 11 is 0. The van der Waals surface area contributed by atoms with E-state index in [0.717, 1.165) is 51.4 Å². The second-order valence-corrected chi connectivity index (χ2v) is 11.3. The van der Waals surface area contributed by atoms with Crippen LogP contribution in [0.3, 0.4) is 0 Å². The van der Waals surface area contributed by atoms with Crippen molar-refractivity contribution in [1.82, 2.24) is 0 Å². The molecule has 8 heteroatoms. The number of ether oxygens (including phenoxy) is 3. The molecular formula is C34H57NO7. The average Bonchev–Trinajstić information content (AvgIpc) is 2.92. The van der Waals surface area contributed by atoms with Crippen molar-refractivity contribution in [3.63, 3.8) is 0 Å². The fourth-order valence-electron chi connectivity index (χ4n) is 4.02. The number of carbonyl (C=O) groups excluding carboxylic acids is 3. The van der Waals surface area contributed by atoms with Crippen LogP contribution in [0.5, 0.6) is 0 Å². The highest BCUT2D eigenvalue weighted by atomic mass is 16.6. The van der Waals surface area contributed by atoms with Crippen LogP contribution in [-0.4, -0.2) is 75.5 Å². The van der Waals surface area contributed by atoms with Crippen LogP contribution < -0.4 is 5.11 Å². The molecule has 8 nitrogen and oxygen atoms in total. The number of rotatable bonds is 26. The lowest BCUT2D eigenvalue weighted by Crippen LogP contribution is -2.55. The van der Waals surface area contributed by atoms with Gasteiger partial charge < -0.3 is 28.6 Å². The third-order valence-electron chi connectivity index (χ3n) is 6.46. The van der Waals surface area contributed by atoms with E-state index in [9.17, 15) is 19.5 Å². The first-order valence-corrected chi connectivity index (χ1v) is 15.7. The van der Waals surface area contributed by atoms with E-state index in [2.05, 4.69) is 62.5 Å². The fraction of sp³-hybridized carbons (Fsp3) is 0.676. The normalized spacial score (nSPS) is 13.8. The number of aliphatic carboxylic acids is 1. The van der Waals surface area contributed by atoms with Gasteiger partial charge in [0.25, 0.3) is 0 Å². The highest BCUT2D eigenvalue weighted by molar-refractivity contribution is 5.70. The van der Waals surface area contributed by atoms with Gasteiger partial charge >= 0.3 is 11.9 Å². The first kappa shape index (κ1) is 39.3. The minimum Gasteiger partial charge on any atom is -0.544 e. The molecule has 0 amide bonds. The molecule has 0 N–H and O–H groups in total. The van der Waals surface area contributed by atoms with E-state index >= 15 is 0 Å². The molecule has 0 fully saturated rings. The minimum absolute atomic E-state index is 0.0151. The van der Waals surface area contributed by atoms with Crippen molar-refractivity contribution in [2.45, 2.75) is 109 Å². The van der Waals surface area contributed by atoms with Crippen molar-refractivity contribution < 1.29 is 38.2 Å². The van der Waals surface area contributed by atoms with Gasteiger partial charge in [0.05, 0.1) is 40.3 Å². The van der Waals surface area contributed by atoms with Crippen LogP contribution in [0.2, 0.25) is 0 Å². The van der Waals surface area contributed by atoms with Crippen molar-refractivity contribution in [3.05, 3.63) is 48.6 Å². The highest BCUT2D eigenvalue weighted by Crippen LogP contribution is 2.10. The molecule has 0 aromatic rings. The largest absolute Gasteiger partial charge is 0.544 e.